The first kappa shape index (κ1) is 27.4. The Morgan fingerprint density at radius 2 is 1.68 bits per heavy atom. The largest absolute Gasteiger partial charge is 0.484 e. The number of aryl methyl sites for hydroxylation is 2. The van der Waals surface area contributed by atoms with Crippen molar-refractivity contribution in [2.45, 2.75) is 52.9 Å². The lowest BCUT2D eigenvalue weighted by Gasteiger charge is -2.18. The first-order valence-electron chi connectivity index (χ1n) is 13.0. The highest BCUT2D eigenvalue weighted by atomic mass is 32.1. The summed E-state index contributed by atoms with van der Waals surface area (Å²) in [6.07, 6.45) is 4.34. The van der Waals surface area contributed by atoms with E-state index in [0.29, 0.717) is 27.8 Å². The van der Waals surface area contributed by atoms with Gasteiger partial charge in [-0.15, -0.1) is 11.3 Å². The fourth-order valence-electron chi connectivity index (χ4n) is 4.76. The molecule has 0 saturated carbocycles. The van der Waals surface area contributed by atoms with E-state index >= 15 is 0 Å². The van der Waals surface area contributed by atoms with Crippen molar-refractivity contribution in [3.8, 4) is 5.75 Å². The summed E-state index contributed by atoms with van der Waals surface area (Å²) in [5, 5.41) is 6.40. The molecule has 1 aliphatic rings. The molecule has 3 aromatic rings. The molecule has 0 radical (unpaired) electrons. The second kappa shape index (κ2) is 12.3. The van der Waals surface area contributed by atoms with Crippen LogP contribution in [0, 0.1) is 5.92 Å². The summed E-state index contributed by atoms with van der Waals surface area (Å²) < 4.78 is 10.6. The SMILES string of the molecule is CCc1cccc(CC)c1NC(=O)c1ccc(OCC(=O)Nc2sc3c(c2C(=O)OC)CCC(C)C3)cc1. The average Bonchev–Trinajstić information content (AvgIpc) is 3.28. The smallest absolute Gasteiger partial charge is 0.341 e. The van der Waals surface area contributed by atoms with Gasteiger partial charge < -0.3 is 20.1 Å². The van der Waals surface area contributed by atoms with Crippen LogP contribution in [0.3, 0.4) is 0 Å². The summed E-state index contributed by atoms with van der Waals surface area (Å²) in [4.78, 5) is 39.2. The van der Waals surface area contributed by atoms with Crippen LogP contribution in [-0.4, -0.2) is 31.5 Å². The summed E-state index contributed by atoms with van der Waals surface area (Å²) >= 11 is 1.44. The van der Waals surface area contributed by atoms with Gasteiger partial charge in [0.1, 0.15) is 10.8 Å². The summed E-state index contributed by atoms with van der Waals surface area (Å²) in [5.74, 6) is 0.00363. The van der Waals surface area contributed by atoms with E-state index in [1.807, 2.05) is 18.2 Å². The molecule has 1 heterocycles. The van der Waals surface area contributed by atoms with E-state index in [9.17, 15) is 14.4 Å². The maximum absolute atomic E-state index is 12.9. The summed E-state index contributed by atoms with van der Waals surface area (Å²) in [7, 11) is 1.35. The highest BCUT2D eigenvalue weighted by Gasteiger charge is 2.29. The van der Waals surface area contributed by atoms with Gasteiger partial charge in [-0.05, 0) is 79.0 Å². The van der Waals surface area contributed by atoms with Crippen LogP contribution >= 0.6 is 11.3 Å². The molecule has 2 N–H and O–H groups in total. The van der Waals surface area contributed by atoms with E-state index in [-0.39, 0.29) is 18.4 Å². The van der Waals surface area contributed by atoms with Crippen LogP contribution in [-0.2, 0) is 35.2 Å². The lowest BCUT2D eigenvalue weighted by Crippen LogP contribution is -2.21. The van der Waals surface area contributed by atoms with Crippen molar-refractivity contribution in [1.82, 2.24) is 0 Å². The van der Waals surface area contributed by atoms with Crippen molar-refractivity contribution in [3.05, 3.63) is 75.2 Å². The number of hydrogen-bond donors (Lipinski definition) is 2. The monoisotopic (exact) mass is 534 g/mol. The van der Waals surface area contributed by atoms with Crippen LogP contribution in [0.1, 0.15) is 69.5 Å². The van der Waals surface area contributed by atoms with Gasteiger partial charge in [-0.1, -0.05) is 39.0 Å². The van der Waals surface area contributed by atoms with Crippen molar-refractivity contribution in [2.24, 2.45) is 5.92 Å². The Morgan fingerprint density at radius 1 is 1.00 bits per heavy atom. The predicted molar refractivity (Wildman–Crippen MR) is 151 cm³/mol. The Morgan fingerprint density at radius 3 is 2.32 bits per heavy atom. The number of carbonyl (C=O) groups is 3. The zero-order chi connectivity index (χ0) is 27.2. The Labute approximate surface area is 227 Å². The minimum absolute atomic E-state index is 0.198. The molecule has 0 bridgehead atoms. The minimum Gasteiger partial charge on any atom is -0.484 e. The number of carbonyl (C=O) groups excluding carboxylic acids is 3. The molecule has 0 fully saturated rings. The molecule has 0 spiro atoms. The summed E-state index contributed by atoms with van der Waals surface area (Å²) in [6, 6.07) is 12.7. The molecule has 1 atom stereocenters. The van der Waals surface area contributed by atoms with E-state index in [4.69, 9.17) is 9.47 Å². The maximum atomic E-state index is 12.9. The summed E-state index contributed by atoms with van der Waals surface area (Å²) in [5.41, 5.74) is 5.00. The number of anilines is 2. The zero-order valence-corrected chi connectivity index (χ0v) is 23.1. The number of thiophene rings is 1. The van der Waals surface area contributed by atoms with Crippen molar-refractivity contribution in [3.63, 3.8) is 0 Å². The summed E-state index contributed by atoms with van der Waals surface area (Å²) in [6.45, 7) is 6.09. The molecule has 0 saturated heterocycles. The lowest BCUT2D eigenvalue weighted by molar-refractivity contribution is -0.118. The number of methoxy groups -OCH3 is 1. The van der Waals surface area contributed by atoms with E-state index in [2.05, 4.69) is 31.4 Å². The number of fused-ring (bicyclic) bond motifs is 1. The third kappa shape index (κ3) is 6.07. The van der Waals surface area contributed by atoms with Gasteiger partial charge in [-0.2, -0.15) is 0 Å². The fourth-order valence-corrected chi connectivity index (χ4v) is 6.17. The number of rotatable bonds is 9. The molecule has 200 valence electrons. The lowest BCUT2D eigenvalue weighted by atomic mass is 9.88. The predicted octanol–water partition coefficient (Wildman–Crippen LogP) is 6.05. The molecule has 0 aliphatic heterocycles. The number of ether oxygens (including phenoxy) is 2. The van der Waals surface area contributed by atoms with Crippen LogP contribution in [0.2, 0.25) is 0 Å². The van der Waals surface area contributed by atoms with Crippen LogP contribution in [0.15, 0.2) is 42.5 Å². The molecule has 1 unspecified atom stereocenters. The van der Waals surface area contributed by atoms with Gasteiger partial charge in [0.15, 0.2) is 6.61 Å². The molecule has 1 aliphatic carbocycles. The second-order valence-corrected chi connectivity index (χ2v) is 10.6. The second-order valence-electron chi connectivity index (χ2n) is 9.52. The van der Waals surface area contributed by atoms with Crippen molar-refractivity contribution >= 4 is 39.8 Å². The van der Waals surface area contributed by atoms with Gasteiger partial charge in [0.25, 0.3) is 11.8 Å². The molecular weight excluding hydrogens is 500 g/mol. The highest BCUT2D eigenvalue weighted by molar-refractivity contribution is 7.17. The number of para-hydroxylation sites is 1. The highest BCUT2D eigenvalue weighted by Crippen LogP contribution is 2.40. The van der Waals surface area contributed by atoms with E-state index in [0.717, 1.165) is 59.4 Å². The van der Waals surface area contributed by atoms with Gasteiger partial charge in [0.2, 0.25) is 0 Å². The van der Waals surface area contributed by atoms with Gasteiger partial charge >= 0.3 is 5.97 Å². The van der Waals surface area contributed by atoms with Gasteiger partial charge in [0, 0.05) is 16.1 Å². The van der Waals surface area contributed by atoms with E-state index in [1.54, 1.807) is 24.3 Å². The van der Waals surface area contributed by atoms with Crippen LogP contribution in [0.4, 0.5) is 10.7 Å². The zero-order valence-electron chi connectivity index (χ0n) is 22.3. The van der Waals surface area contributed by atoms with Crippen LogP contribution in [0.25, 0.3) is 0 Å². The van der Waals surface area contributed by atoms with Crippen molar-refractivity contribution < 1.29 is 23.9 Å². The number of benzene rings is 2. The third-order valence-electron chi connectivity index (χ3n) is 6.88. The fraction of sp³-hybridized carbons (Fsp3) is 0.367. The number of esters is 1. The first-order chi connectivity index (χ1) is 18.3. The number of hydrogen-bond acceptors (Lipinski definition) is 6. The average molecular weight is 535 g/mol. The third-order valence-corrected chi connectivity index (χ3v) is 8.05. The molecule has 4 rings (SSSR count). The quantitative estimate of drug-likeness (QED) is 0.326. The first-order valence-corrected chi connectivity index (χ1v) is 13.8. The Hall–Kier alpha value is -3.65. The van der Waals surface area contributed by atoms with Crippen molar-refractivity contribution in [2.75, 3.05) is 24.4 Å². The standard InChI is InChI=1S/C30H34N2O5S/c1-5-19-8-7-9-20(6-2)27(19)32-28(34)21-11-13-22(14-12-21)37-17-25(33)31-29-26(30(35)36-4)23-15-10-18(3)16-24(23)38-29/h7-9,11-14,18H,5-6,10,15-17H2,1-4H3,(H,31,33)(H,32,34). The molecule has 2 aromatic carbocycles. The van der Waals surface area contributed by atoms with Crippen LogP contribution < -0.4 is 15.4 Å². The van der Waals surface area contributed by atoms with E-state index < -0.39 is 5.97 Å². The minimum atomic E-state index is -0.435. The van der Waals surface area contributed by atoms with Gasteiger partial charge in [-0.3, -0.25) is 9.59 Å². The molecule has 7 nitrogen and oxygen atoms in total. The number of nitrogens with one attached hydrogen (secondary N) is 2. The van der Waals surface area contributed by atoms with Crippen LogP contribution in [0.5, 0.6) is 5.75 Å². The molecular formula is C30H34N2O5S. The number of amides is 2. The molecule has 8 heteroatoms. The topological polar surface area (TPSA) is 93.7 Å². The van der Waals surface area contributed by atoms with Gasteiger partial charge in [-0.25, -0.2) is 4.79 Å². The Kier molecular flexibility index (Phi) is 8.84. The van der Waals surface area contributed by atoms with Gasteiger partial charge in [0.05, 0.1) is 12.7 Å². The molecule has 38 heavy (non-hydrogen) atoms. The molecule has 1 aromatic heterocycles. The van der Waals surface area contributed by atoms with E-state index in [1.165, 1.54) is 18.4 Å². The normalized spacial score (nSPS) is 14.4. The Bertz CT molecular complexity index is 1310. The Balaban J connectivity index is 1.38. The maximum Gasteiger partial charge on any atom is 0.341 e. The molecule has 2 amide bonds. The van der Waals surface area contributed by atoms with Crippen molar-refractivity contribution in [1.29, 1.82) is 0 Å².